The Labute approximate surface area is 110 Å². The van der Waals surface area contributed by atoms with Gasteiger partial charge in [-0.3, -0.25) is 4.99 Å². The van der Waals surface area contributed by atoms with E-state index in [4.69, 9.17) is 0 Å². The molecule has 2 heteroatoms. The number of hydrogen-bond acceptors (Lipinski definition) is 2. The number of thiophene rings is 1. The summed E-state index contributed by atoms with van der Waals surface area (Å²) in [6, 6.07) is 12.9. The molecule has 88 valence electrons. The number of rotatable bonds is 2. The van der Waals surface area contributed by atoms with Crippen LogP contribution in [0.1, 0.15) is 11.8 Å². The first-order valence-electron chi connectivity index (χ1n) is 5.90. The lowest BCUT2D eigenvalue weighted by Gasteiger charge is -1.98. The molecular formula is C16H13NS. The molecule has 0 fully saturated rings. The second kappa shape index (κ2) is 4.39. The lowest BCUT2D eigenvalue weighted by molar-refractivity contribution is 1.60. The van der Waals surface area contributed by atoms with Gasteiger partial charge in [-0.05, 0) is 35.9 Å². The number of hydrogen-bond donors (Lipinski definition) is 0. The van der Waals surface area contributed by atoms with Gasteiger partial charge in [0, 0.05) is 16.3 Å². The monoisotopic (exact) mass is 251 g/mol. The molecule has 0 saturated carbocycles. The van der Waals surface area contributed by atoms with Crippen molar-refractivity contribution in [3.63, 3.8) is 0 Å². The van der Waals surface area contributed by atoms with Crippen LogP contribution in [0.2, 0.25) is 0 Å². The Balaban J connectivity index is 2.44. The van der Waals surface area contributed by atoms with Crippen LogP contribution in [-0.4, -0.2) is 6.21 Å². The Morgan fingerprint density at radius 2 is 1.89 bits per heavy atom. The molecule has 0 bridgehead atoms. The van der Waals surface area contributed by atoms with Crippen LogP contribution in [0.25, 0.3) is 26.9 Å². The molecule has 18 heavy (non-hydrogen) atoms. The SMILES string of the molecule is C=Cc1sc2cc3ccccc3cc2c1/N=C\C. The zero-order chi connectivity index (χ0) is 12.5. The van der Waals surface area contributed by atoms with Crippen LogP contribution in [0, 0.1) is 0 Å². The van der Waals surface area contributed by atoms with E-state index in [1.54, 1.807) is 11.3 Å². The maximum absolute atomic E-state index is 4.49. The van der Waals surface area contributed by atoms with E-state index >= 15 is 0 Å². The van der Waals surface area contributed by atoms with Crippen LogP contribution >= 0.6 is 11.3 Å². The smallest absolute Gasteiger partial charge is 0.0884 e. The standard InChI is InChI=1S/C16H13NS/c1-3-14-16(17-4-2)13-9-11-7-5-6-8-12(11)10-15(13)18-14/h3-10H,1H2,2H3/b17-4-. The summed E-state index contributed by atoms with van der Waals surface area (Å²) in [6.45, 7) is 5.82. The lowest BCUT2D eigenvalue weighted by atomic mass is 10.1. The van der Waals surface area contributed by atoms with Crippen molar-refractivity contribution in [2.45, 2.75) is 6.92 Å². The van der Waals surface area contributed by atoms with E-state index < -0.39 is 0 Å². The fourth-order valence-electron chi connectivity index (χ4n) is 2.19. The van der Waals surface area contributed by atoms with Gasteiger partial charge in [-0.25, -0.2) is 0 Å². The molecule has 0 aliphatic carbocycles. The van der Waals surface area contributed by atoms with Gasteiger partial charge in [-0.1, -0.05) is 30.8 Å². The summed E-state index contributed by atoms with van der Waals surface area (Å²) in [5.74, 6) is 0. The quantitative estimate of drug-likeness (QED) is 0.539. The third kappa shape index (κ3) is 1.66. The van der Waals surface area contributed by atoms with Crippen molar-refractivity contribution in [2.24, 2.45) is 4.99 Å². The van der Waals surface area contributed by atoms with Gasteiger partial charge in [-0.15, -0.1) is 11.3 Å². The van der Waals surface area contributed by atoms with Gasteiger partial charge < -0.3 is 0 Å². The summed E-state index contributed by atoms with van der Waals surface area (Å²) in [7, 11) is 0. The van der Waals surface area contributed by atoms with E-state index in [0.29, 0.717) is 0 Å². The molecular weight excluding hydrogens is 238 g/mol. The molecule has 0 amide bonds. The van der Waals surface area contributed by atoms with Gasteiger partial charge in [-0.2, -0.15) is 0 Å². The zero-order valence-electron chi connectivity index (χ0n) is 10.2. The summed E-state index contributed by atoms with van der Waals surface area (Å²) in [5, 5.41) is 3.74. The van der Waals surface area contributed by atoms with Crippen LogP contribution in [-0.2, 0) is 0 Å². The predicted molar refractivity (Wildman–Crippen MR) is 83.2 cm³/mol. The zero-order valence-corrected chi connectivity index (χ0v) is 11.0. The molecule has 0 atom stereocenters. The molecule has 1 nitrogen and oxygen atoms in total. The number of fused-ring (bicyclic) bond motifs is 2. The van der Waals surface area contributed by atoms with Crippen LogP contribution in [0.5, 0.6) is 0 Å². The maximum Gasteiger partial charge on any atom is 0.0884 e. The van der Waals surface area contributed by atoms with Gasteiger partial charge >= 0.3 is 0 Å². The van der Waals surface area contributed by atoms with Crippen LogP contribution in [0.4, 0.5) is 5.69 Å². The Kier molecular flexibility index (Phi) is 2.73. The molecule has 0 unspecified atom stereocenters. The van der Waals surface area contributed by atoms with Crippen molar-refractivity contribution in [2.75, 3.05) is 0 Å². The normalized spacial score (nSPS) is 11.6. The van der Waals surface area contributed by atoms with Gasteiger partial charge in [0.15, 0.2) is 0 Å². The Morgan fingerprint density at radius 1 is 1.17 bits per heavy atom. The highest BCUT2D eigenvalue weighted by atomic mass is 32.1. The molecule has 1 aromatic heterocycles. The molecule has 0 N–H and O–H groups in total. The van der Waals surface area contributed by atoms with Crippen molar-refractivity contribution < 1.29 is 0 Å². The highest BCUT2D eigenvalue weighted by Crippen LogP contribution is 2.40. The van der Waals surface area contributed by atoms with Gasteiger partial charge in [0.2, 0.25) is 0 Å². The van der Waals surface area contributed by atoms with E-state index in [-0.39, 0.29) is 0 Å². The van der Waals surface area contributed by atoms with Crippen LogP contribution in [0.3, 0.4) is 0 Å². The summed E-state index contributed by atoms with van der Waals surface area (Å²) in [6.07, 6.45) is 3.72. The summed E-state index contributed by atoms with van der Waals surface area (Å²) < 4.78 is 1.27. The van der Waals surface area contributed by atoms with Crippen molar-refractivity contribution in [3.8, 4) is 0 Å². The minimum atomic E-state index is 1.04. The largest absolute Gasteiger partial charge is 0.259 e. The Hall–Kier alpha value is -1.93. The summed E-state index contributed by atoms with van der Waals surface area (Å²) in [5.41, 5.74) is 1.04. The highest BCUT2D eigenvalue weighted by Gasteiger charge is 2.09. The lowest BCUT2D eigenvalue weighted by Crippen LogP contribution is -1.72. The predicted octanol–water partition coefficient (Wildman–Crippen LogP) is 5.42. The third-order valence-electron chi connectivity index (χ3n) is 3.00. The number of benzene rings is 2. The maximum atomic E-state index is 4.49. The van der Waals surface area contributed by atoms with E-state index in [2.05, 4.69) is 48.0 Å². The average molecular weight is 251 g/mol. The fraction of sp³-hybridized carbons (Fsp3) is 0.0625. The molecule has 0 aliphatic rings. The minimum Gasteiger partial charge on any atom is -0.259 e. The molecule has 1 heterocycles. The molecule has 0 radical (unpaired) electrons. The fourth-order valence-corrected chi connectivity index (χ4v) is 3.22. The van der Waals surface area contributed by atoms with E-state index in [1.165, 1.54) is 20.9 Å². The van der Waals surface area contributed by atoms with Crippen molar-refractivity contribution in [3.05, 3.63) is 47.9 Å². The van der Waals surface area contributed by atoms with Crippen LogP contribution in [0.15, 0.2) is 48.0 Å². The molecule has 2 aromatic carbocycles. The minimum absolute atomic E-state index is 1.04. The van der Waals surface area contributed by atoms with E-state index in [0.717, 1.165) is 10.6 Å². The van der Waals surface area contributed by atoms with E-state index in [1.807, 2.05) is 19.2 Å². The molecule has 0 spiro atoms. The molecule has 3 rings (SSSR count). The average Bonchev–Trinajstić information content (AvgIpc) is 2.74. The Morgan fingerprint density at radius 3 is 2.56 bits per heavy atom. The number of nitrogens with zero attached hydrogens (tertiary/aromatic N) is 1. The number of aliphatic imine (C=N–C) groups is 1. The van der Waals surface area contributed by atoms with Gasteiger partial charge in [0.25, 0.3) is 0 Å². The third-order valence-corrected chi connectivity index (χ3v) is 4.14. The molecule has 0 saturated heterocycles. The van der Waals surface area contributed by atoms with Crippen LogP contribution < -0.4 is 0 Å². The first-order valence-corrected chi connectivity index (χ1v) is 6.71. The molecule has 0 aliphatic heterocycles. The summed E-state index contributed by atoms with van der Waals surface area (Å²) >= 11 is 1.75. The first-order chi connectivity index (χ1) is 8.83. The van der Waals surface area contributed by atoms with Crippen molar-refractivity contribution in [1.29, 1.82) is 0 Å². The second-order valence-electron chi connectivity index (χ2n) is 4.10. The molecule has 3 aromatic rings. The second-order valence-corrected chi connectivity index (χ2v) is 5.19. The van der Waals surface area contributed by atoms with Crippen molar-refractivity contribution in [1.82, 2.24) is 0 Å². The van der Waals surface area contributed by atoms with Gasteiger partial charge in [0.05, 0.1) is 10.6 Å². The topological polar surface area (TPSA) is 12.4 Å². The van der Waals surface area contributed by atoms with Gasteiger partial charge in [0.1, 0.15) is 0 Å². The summed E-state index contributed by atoms with van der Waals surface area (Å²) in [4.78, 5) is 5.62. The first kappa shape index (κ1) is 11.2. The highest BCUT2D eigenvalue weighted by molar-refractivity contribution is 7.20. The van der Waals surface area contributed by atoms with E-state index in [9.17, 15) is 0 Å². The Bertz CT molecular complexity index is 765. The van der Waals surface area contributed by atoms with Crippen molar-refractivity contribution >= 4 is 50.2 Å².